The molecule has 1 N–H and O–H groups in total. The zero-order chi connectivity index (χ0) is 13.9. The molecule has 0 aliphatic heterocycles. The molecule has 0 saturated heterocycles. The molecule has 0 bridgehead atoms. The molecular weight excluding hydrogens is 240 g/mol. The van der Waals surface area contributed by atoms with Gasteiger partial charge in [0.25, 0.3) is 0 Å². The Morgan fingerprint density at radius 3 is 2.17 bits per heavy atom. The Balaban J connectivity index is 2.70. The number of hydrogen-bond donors (Lipinski definition) is 1. The van der Waals surface area contributed by atoms with Gasteiger partial charge in [0.2, 0.25) is 0 Å². The SMILES string of the molecule is C[C@H](OC(=O)NC(C)(C)C)c1cc(F)cc(F)c1. The Morgan fingerprint density at radius 1 is 1.22 bits per heavy atom. The van der Waals surface area contributed by atoms with E-state index in [0.29, 0.717) is 0 Å². The van der Waals surface area contributed by atoms with Gasteiger partial charge in [0.05, 0.1) is 0 Å². The Hall–Kier alpha value is -1.65. The highest BCUT2D eigenvalue weighted by Crippen LogP contribution is 2.19. The van der Waals surface area contributed by atoms with Crippen LogP contribution >= 0.6 is 0 Å². The van der Waals surface area contributed by atoms with Crippen molar-refractivity contribution in [2.75, 3.05) is 0 Å². The zero-order valence-electron chi connectivity index (χ0n) is 10.9. The lowest BCUT2D eigenvalue weighted by molar-refractivity contribution is 0.0997. The molecule has 1 aromatic rings. The van der Waals surface area contributed by atoms with E-state index in [1.54, 1.807) is 27.7 Å². The van der Waals surface area contributed by atoms with Gasteiger partial charge >= 0.3 is 6.09 Å². The molecule has 0 aliphatic rings. The number of halogens is 2. The van der Waals surface area contributed by atoms with Gasteiger partial charge in [-0.2, -0.15) is 0 Å². The molecule has 0 aromatic heterocycles. The molecule has 5 heteroatoms. The van der Waals surface area contributed by atoms with Crippen LogP contribution < -0.4 is 5.32 Å². The van der Waals surface area contributed by atoms with Crippen LogP contribution in [0.2, 0.25) is 0 Å². The number of carbonyl (C=O) groups is 1. The summed E-state index contributed by atoms with van der Waals surface area (Å²) >= 11 is 0. The molecule has 1 aromatic carbocycles. The minimum absolute atomic E-state index is 0.275. The van der Waals surface area contributed by atoms with Gasteiger partial charge in [0, 0.05) is 11.6 Å². The van der Waals surface area contributed by atoms with E-state index in [0.717, 1.165) is 18.2 Å². The summed E-state index contributed by atoms with van der Waals surface area (Å²) in [5.74, 6) is -1.40. The summed E-state index contributed by atoms with van der Waals surface area (Å²) in [6.45, 7) is 6.97. The Bertz CT molecular complexity index is 421. The van der Waals surface area contributed by atoms with Crippen LogP contribution in [0.4, 0.5) is 13.6 Å². The minimum atomic E-state index is -0.724. The van der Waals surface area contributed by atoms with Gasteiger partial charge < -0.3 is 10.1 Å². The highest BCUT2D eigenvalue weighted by molar-refractivity contribution is 5.68. The minimum Gasteiger partial charge on any atom is -0.442 e. The van der Waals surface area contributed by atoms with Crippen molar-refractivity contribution in [1.82, 2.24) is 5.32 Å². The van der Waals surface area contributed by atoms with Crippen molar-refractivity contribution in [3.63, 3.8) is 0 Å². The molecular formula is C13H17F2NO2. The van der Waals surface area contributed by atoms with E-state index in [9.17, 15) is 13.6 Å². The number of hydrogen-bond acceptors (Lipinski definition) is 2. The molecule has 0 spiro atoms. The number of benzene rings is 1. The molecule has 18 heavy (non-hydrogen) atoms. The predicted molar refractivity (Wildman–Crippen MR) is 64.1 cm³/mol. The fraction of sp³-hybridized carbons (Fsp3) is 0.462. The monoisotopic (exact) mass is 257 g/mol. The highest BCUT2D eigenvalue weighted by atomic mass is 19.1. The quantitative estimate of drug-likeness (QED) is 0.879. The van der Waals surface area contributed by atoms with E-state index in [-0.39, 0.29) is 5.56 Å². The molecule has 0 radical (unpaired) electrons. The maximum atomic E-state index is 13.0. The van der Waals surface area contributed by atoms with E-state index in [1.165, 1.54) is 0 Å². The zero-order valence-corrected chi connectivity index (χ0v) is 10.9. The molecule has 0 unspecified atom stereocenters. The molecule has 100 valence electrons. The molecule has 0 heterocycles. The first kappa shape index (κ1) is 14.4. The maximum Gasteiger partial charge on any atom is 0.408 e. The summed E-state index contributed by atoms with van der Waals surface area (Å²) in [5.41, 5.74) is -0.152. The normalized spacial score (nSPS) is 13.0. The van der Waals surface area contributed by atoms with Gasteiger partial charge in [-0.15, -0.1) is 0 Å². The van der Waals surface area contributed by atoms with E-state index >= 15 is 0 Å². The first-order chi connectivity index (χ1) is 8.17. The fourth-order valence-corrected chi connectivity index (χ4v) is 1.37. The Kier molecular flexibility index (Phi) is 4.27. The predicted octanol–water partition coefficient (Wildman–Crippen LogP) is 3.55. The third-order valence-corrected chi connectivity index (χ3v) is 2.12. The number of ether oxygens (including phenoxy) is 1. The topological polar surface area (TPSA) is 38.3 Å². The van der Waals surface area contributed by atoms with Crippen molar-refractivity contribution in [1.29, 1.82) is 0 Å². The van der Waals surface area contributed by atoms with Crippen molar-refractivity contribution in [3.8, 4) is 0 Å². The number of rotatable bonds is 2. The average molecular weight is 257 g/mol. The molecule has 1 atom stereocenters. The van der Waals surface area contributed by atoms with Crippen LogP contribution in [0.1, 0.15) is 39.4 Å². The third-order valence-electron chi connectivity index (χ3n) is 2.12. The van der Waals surface area contributed by atoms with Crippen molar-refractivity contribution in [2.45, 2.75) is 39.3 Å². The molecule has 0 aliphatic carbocycles. The number of carbonyl (C=O) groups excluding carboxylic acids is 1. The van der Waals surface area contributed by atoms with Gasteiger partial charge in [-0.1, -0.05) is 0 Å². The largest absolute Gasteiger partial charge is 0.442 e. The summed E-state index contributed by atoms with van der Waals surface area (Å²) in [5, 5.41) is 2.60. The van der Waals surface area contributed by atoms with Gasteiger partial charge in [-0.25, -0.2) is 13.6 Å². The smallest absolute Gasteiger partial charge is 0.408 e. The molecule has 0 saturated carbocycles. The molecule has 1 amide bonds. The van der Waals surface area contributed by atoms with Crippen LogP contribution in [0.25, 0.3) is 0 Å². The lowest BCUT2D eigenvalue weighted by atomic mass is 10.1. The van der Waals surface area contributed by atoms with Gasteiger partial charge in [0.1, 0.15) is 17.7 Å². The van der Waals surface area contributed by atoms with E-state index in [2.05, 4.69) is 5.32 Å². The molecule has 0 fully saturated rings. The van der Waals surface area contributed by atoms with Gasteiger partial charge in [-0.3, -0.25) is 0 Å². The van der Waals surface area contributed by atoms with Crippen LogP contribution in [0.5, 0.6) is 0 Å². The van der Waals surface area contributed by atoms with E-state index in [1.807, 2.05) is 0 Å². The molecule has 3 nitrogen and oxygen atoms in total. The second-order valence-electron chi connectivity index (χ2n) is 5.13. The number of alkyl carbamates (subject to hydrolysis) is 1. The van der Waals surface area contributed by atoms with E-state index in [4.69, 9.17) is 4.74 Å². The van der Waals surface area contributed by atoms with E-state index < -0.39 is 29.4 Å². The van der Waals surface area contributed by atoms with Crippen LogP contribution in [-0.4, -0.2) is 11.6 Å². The summed E-state index contributed by atoms with van der Waals surface area (Å²) in [6.07, 6.45) is -1.35. The standard InChI is InChI=1S/C13H17F2NO2/c1-8(18-12(17)16-13(2,3)4)9-5-10(14)7-11(15)6-9/h5-8H,1-4H3,(H,16,17)/t8-/m0/s1. The van der Waals surface area contributed by atoms with Crippen molar-refractivity contribution < 1.29 is 18.3 Å². The summed E-state index contributed by atoms with van der Waals surface area (Å²) in [6, 6.07) is 3.04. The van der Waals surface area contributed by atoms with Crippen LogP contribution in [0.3, 0.4) is 0 Å². The van der Waals surface area contributed by atoms with Crippen molar-refractivity contribution >= 4 is 6.09 Å². The first-order valence-corrected chi connectivity index (χ1v) is 5.62. The lowest BCUT2D eigenvalue weighted by Gasteiger charge is -2.22. The second kappa shape index (κ2) is 5.33. The second-order valence-corrected chi connectivity index (χ2v) is 5.13. The Morgan fingerprint density at radius 2 is 1.72 bits per heavy atom. The third kappa shape index (κ3) is 4.69. The van der Waals surface area contributed by atoms with Gasteiger partial charge in [0.15, 0.2) is 0 Å². The average Bonchev–Trinajstić information content (AvgIpc) is 2.12. The summed E-state index contributed by atoms with van der Waals surface area (Å²) < 4.78 is 31.0. The van der Waals surface area contributed by atoms with Crippen LogP contribution in [-0.2, 0) is 4.74 Å². The lowest BCUT2D eigenvalue weighted by Crippen LogP contribution is -2.41. The van der Waals surface area contributed by atoms with Crippen molar-refractivity contribution in [2.24, 2.45) is 0 Å². The summed E-state index contributed by atoms with van der Waals surface area (Å²) in [7, 11) is 0. The number of amides is 1. The first-order valence-electron chi connectivity index (χ1n) is 5.62. The van der Waals surface area contributed by atoms with Crippen LogP contribution in [0.15, 0.2) is 18.2 Å². The fourth-order valence-electron chi connectivity index (χ4n) is 1.37. The Labute approximate surface area is 105 Å². The van der Waals surface area contributed by atoms with Crippen LogP contribution in [0, 0.1) is 11.6 Å². The highest BCUT2D eigenvalue weighted by Gasteiger charge is 2.18. The summed E-state index contributed by atoms with van der Waals surface area (Å²) in [4.78, 5) is 11.5. The van der Waals surface area contributed by atoms with Gasteiger partial charge in [-0.05, 0) is 45.4 Å². The molecule has 1 rings (SSSR count). The maximum absolute atomic E-state index is 13.0. The van der Waals surface area contributed by atoms with Crippen molar-refractivity contribution in [3.05, 3.63) is 35.4 Å². The number of nitrogens with one attached hydrogen (secondary N) is 1.